The van der Waals surface area contributed by atoms with Crippen LogP contribution in [-0.4, -0.2) is 48.0 Å². The summed E-state index contributed by atoms with van der Waals surface area (Å²) in [6.07, 6.45) is 0.355. The van der Waals surface area contributed by atoms with E-state index in [0.717, 1.165) is 11.1 Å². The second-order valence-electron chi connectivity index (χ2n) is 8.60. The van der Waals surface area contributed by atoms with Gasteiger partial charge in [0.25, 0.3) is 0 Å². The van der Waals surface area contributed by atoms with Gasteiger partial charge in [-0.25, -0.2) is 8.42 Å². The first-order valence-corrected chi connectivity index (χ1v) is 12.8. The third kappa shape index (κ3) is 5.49. The average Bonchev–Trinajstić information content (AvgIpc) is 3.24. The predicted molar refractivity (Wildman–Crippen MR) is 124 cm³/mol. The number of aliphatic hydroxyl groups is 1. The number of benzene rings is 2. The van der Waals surface area contributed by atoms with Crippen LogP contribution in [0.3, 0.4) is 0 Å². The standard InChI is InChI=1S/C23H30N2O4S2/c1-23(2,3)18-9-11-19(12-10-18)31(28,29)25-14-16-30-22(25)21(27)24-20(13-15-26)17-7-5-4-6-8-17/h4-12,20,22,26H,13-16H2,1-3H3,(H,24,27)/t20-,22+/m0/s1. The third-order valence-corrected chi connectivity index (χ3v) is 8.55. The summed E-state index contributed by atoms with van der Waals surface area (Å²) >= 11 is 1.32. The van der Waals surface area contributed by atoms with Crippen LogP contribution in [0.15, 0.2) is 59.5 Å². The first kappa shape index (κ1) is 23.8. The van der Waals surface area contributed by atoms with Gasteiger partial charge in [-0.15, -0.1) is 11.8 Å². The minimum atomic E-state index is -3.81. The van der Waals surface area contributed by atoms with Crippen LogP contribution in [0, 0.1) is 0 Å². The summed E-state index contributed by atoms with van der Waals surface area (Å²) in [5.74, 6) is 0.188. The van der Waals surface area contributed by atoms with Gasteiger partial charge < -0.3 is 10.4 Å². The molecule has 168 valence electrons. The molecule has 6 nitrogen and oxygen atoms in total. The molecule has 2 aromatic carbocycles. The topological polar surface area (TPSA) is 86.7 Å². The number of rotatable bonds is 7. The summed E-state index contributed by atoms with van der Waals surface area (Å²) in [5, 5.41) is 11.5. The lowest BCUT2D eigenvalue weighted by Gasteiger charge is -2.26. The lowest BCUT2D eigenvalue weighted by atomic mass is 9.87. The van der Waals surface area contributed by atoms with E-state index in [0.29, 0.717) is 12.2 Å². The van der Waals surface area contributed by atoms with Gasteiger partial charge in [-0.05, 0) is 35.1 Å². The van der Waals surface area contributed by atoms with Gasteiger partial charge in [0.15, 0.2) is 0 Å². The Morgan fingerprint density at radius 2 is 1.81 bits per heavy atom. The van der Waals surface area contributed by atoms with Gasteiger partial charge in [0.05, 0.1) is 10.9 Å². The molecule has 1 saturated heterocycles. The number of carbonyl (C=O) groups is 1. The van der Waals surface area contributed by atoms with Crippen LogP contribution in [0.4, 0.5) is 0 Å². The van der Waals surface area contributed by atoms with Crippen molar-refractivity contribution < 1.29 is 18.3 Å². The van der Waals surface area contributed by atoms with Crippen molar-refractivity contribution >= 4 is 27.7 Å². The Bertz CT molecular complexity index is 986. The molecule has 1 aliphatic rings. The molecular formula is C23H30N2O4S2. The number of nitrogens with one attached hydrogen (secondary N) is 1. The summed E-state index contributed by atoms with van der Waals surface area (Å²) in [5.41, 5.74) is 1.85. The van der Waals surface area contributed by atoms with Gasteiger partial charge in [0.2, 0.25) is 15.9 Å². The fourth-order valence-electron chi connectivity index (χ4n) is 3.55. The van der Waals surface area contributed by atoms with Gasteiger partial charge in [0.1, 0.15) is 5.37 Å². The fraction of sp³-hybridized carbons (Fsp3) is 0.435. The normalized spacial score (nSPS) is 18.6. The van der Waals surface area contributed by atoms with E-state index in [2.05, 4.69) is 26.1 Å². The Morgan fingerprint density at radius 1 is 1.16 bits per heavy atom. The van der Waals surface area contributed by atoms with Gasteiger partial charge in [-0.1, -0.05) is 63.2 Å². The molecule has 2 atom stereocenters. The van der Waals surface area contributed by atoms with Gasteiger partial charge >= 0.3 is 0 Å². The van der Waals surface area contributed by atoms with Crippen LogP contribution in [-0.2, 0) is 20.2 Å². The Kier molecular flexibility index (Phi) is 7.47. The maximum absolute atomic E-state index is 13.3. The van der Waals surface area contributed by atoms with Gasteiger partial charge in [0, 0.05) is 18.9 Å². The summed E-state index contributed by atoms with van der Waals surface area (Å²) in [6.45, 7) is 6.42. The van der Waals surface area contributed by atoms with E-state index >= 15 is 0 Å². The molecule has 1 aliphatic heterocycles. The van der Waals surface area contributed by atoms with Crippen LogP contribution < -0.4 is 5.32 Å². The highest BCUT2D eigenvalue weighted by Gasteiger charge is 2.40. The summed E-state index contributed by atoms with van der Waals surface area (Å²) < 4.78 is 27.8. The second kappa shape index (κ2) is 9.73. The molecule has 8 heteroatoms. The number of sulfonamides is 1. The number of amides is 1. The van der Waals surface area contributed by atoms with Crippen LogP contribution in [0.1, 0.15) is 44.4 Å². The van der Waals surface area contributed by atoms with E-state index in [9.17, 15) is 18.3 Å². The molecule has 1 heterocycles. The van der Waals surface area contributed by atoms with Crippen molar-refractivity contribution in [3.05, 3.63) is 65.7 Å². The number of nitrogens with zero attached hydrogens (tertiary/aromatic N) is 1. The van der Waals surface area contributed by atoms with E-state index < -0.39 is 15.4 Å². The molecule has 1 amide bonds. The molecule has 1 fully saturated rings. The number of hydrogen-bond donors (Lipinski definition) is 2. The molecule has 31 heavy (non-hydrogen) atoms. The molecule has 2 N–H and O–H groups in total. The first-order chi connectivity index (χ1) is 14.6. The minimum Gasteiger partial charge on any atom is -0.396 e. The Labute approximate surface area is 189 Å². The first-order valence-electron chi connectivity index (χ1n) is 10.3. The van der Waals surface area contributed by atoms with Crippen LogP contribution in [0.25, 0.3) is 0 Å². The van der Waals surface area contributed by atoms with Crippen LogP contribution in [0.5, 0.6) is 0 Å². The predicted octanol–water partition coefficient (Wildman–Crippen LogP) is 3.29. The highest BCUT2D eigenvalue weighted by molar-refractivity contribution is 8.02. The van der Waals surface area contributed by atoms with Crippen molar-refractivity contribution in [3.63, 3.8) is 0 Å². The quantitative estimate of drug-likeness (QED) is 0.659. The van der Waals surface area contributed by atoms with E-state index in [-0.39, 0.29) is 35.4 Å². The molecule has 0 aromatic heterocycles. The maximum Gasteiger partial charge on any atom is 0.249 e. The SMILES string of the molecule is CC(C)(C)c1ccc(S(=O)(=O)N2CCS[C@@H]2C(=O)N[C@@H](CCO)c2ccccc2)cc1. The zero-order valence-corrected chi connectivity index (χ0v) is 19.7. The molecule has 0 spiro atoms. The van der Waals surface area contributed by atoms with Crippen molar-refractivity contribution in [2.45, 2.75) is 48.9 Å². The van der Waals surface area contributed by atoms with Crippen molar-refractivity contribution in [2.75, 3.05) is 18.9 Å². The molecule has 3 rings (SSSR count). The average molecular weight is 463 g/mol. The van der Waals surface area contributed by atoms with E-state index in [1.165, 1.54) is 16.1 Å². The highest BCUT2D eigenvalue weighted by Crippen LogP contribution is 2.32. The summed E-state index contributed by atoms with van der Waals surface area (Å²) in [7, 11) is -3.81. The van der Waals surface area contributed by atoms with E-state index in [4.69, 9.17) is 0 Å². The largest absolute Gasteiger partial charge is 0.396 e. The van der Waals surface area contributed by atoms with Crippen molar-refractivity contribution in [1.29, 1.82) is 0 Å². The lowest BCUT2D eigenvalue weighted by Crippen LogP contribution is -2.45. The zero-order chi connectivity index (χ0) is 22.6. The monoisotopic (exact) mass is 462 g/mol. The third-order valence-electron chi connectivity index (χ3n) is 5.34. The maximum atomic E-state index is 13.3. The summed E-state index contributed by atoms with van der Waals surface area (Å²) in [6, 6.07) is 15.9. The molecule has 2 aromatic rings. The van der Waals surface area contributed by atoms with Crippen LogP contribution in [0.2, 0.25) is 0 Å². The van der Waals surface area contributed by atoms with Gasteiger partial charge in [-0.2, -0.15) is 4.31 Å². The molecular weight excluding hydrogens is 432 g/mol. The number of thioether (sulfide) groups is 1. The van der Waals surface area contributed by atoms with Crippen molar-refractivity contribution in [3.8, 4) is 0 Å². The molecule has 0 saturated carbocycles. The van der Waals surface area contributed by atoms with Crippen LogP contribution >= 0.6 is 11.8 Å². The second-order valence-corrected chi connectivity index (χ2v) is 11.7. The number of carbonyl (C=O) groups excluding carboxylic acids is 1. The summed E-state index contributed by atoms with van der Waals surface area (Å²) in [4.78, 5) is 13.2. The van der Waals surface area contributed by atoms with E-state index in [1.54, 1.807) is 12.1 Å². The zero-order valence-electron chi connectivity index (χ0n) is 18.1. The van der Waals surface area contributed by atoms with E-state index in [1.807, 2.05) is 42.5 Å². The molecule has 0 unspecified atom stereocenters. The molecule has 0 radical (unpaired) electrons. The van der Waals surface area contributed by atoms with Crippen molar-refractivity contribution in [2.24, 2.45) is 0 Å². The molecule has 0 bridgehead atoms. The number of hydrogen-bond acceptors (Lipinski definition) is 5. The Morgan fingerprint density at radius 3 is 2.39 bits per heavy atom. The number of aliphatic hydroxyl groups excluding tert-OH is 1. The Hall–Kier alpha value is -1.87. The van der Waals surface area contributed by atoms with Crippen molar-refractivity contribution in [1.82, 2.24) is 9.62 Å². The Balaban J connectivity index is 1.80. The minimum absolute atomic E-state index is 0.0760. The highest BCUT2D eigenvalue weighted by atomic mass is 32.2. The molecule has 0 aliphatic carbocycles. The lowest BCUT2D eigenvalue weighted by molar-refractivity contribution is -0.123. The smallest absolute Gasteiger partial charge is 0.249 e. The van der Waals surface area contributed by atoms with Gasteiger partial charge in [-0.3, -0.25) is 4.79 Å². The fourth-order valence-corrected chi connectivity index (χ4v) is 6.63.